The first-order valence-corrected chi connectivity index (χ1v) is 5.35. The maximum atomic E-state index is 11.1. The first-order valence-electron chi connectivity index (χ1n) is 5.35. The monoisotopic (exact) mass is 227 g/mol. The fourth-order valence-electron chi connectivity index (χ4n) is 0.935. The number of carbonyl (C=O) groups is 1. The minimum Gasteiger partial charge on any atom is -0.463 e. The molecule has 0 aliphatic carbocycles. The average Bonchev–Trinajstić information content (AvgIpc) is 2.22. The van der Waals surface area contributed by atoms with Gasteiger partial charge in [0.2, 0.25) is 0 Å². The number of esters is 1. The lowest BCUT2D eigenvalue weighted by atomic mass is 10.3. The molecule has 0 fully saturated rings. The maximum absolute atomic E-state index is 11.1. The van der Waals surface area contributed by atoms with E-state index < -0.39 is 0 Å². The lowest BCUT2D eigenvalue weighted by Gasteiger charge is -2.07. The molecule has 0 saturated heterocycles. The predicted molar refractivity (Wildman–Crippen MR) is 64.3 cm³/mol. The standard InChI is InChI=1S/C12H21NO3/c1-5-16-12(14)11(4)8-13-6-7-15-9-10(2)3/h13H,2,4-9H2,1,3H3. The Kier molecular flexibility index (Phi) is 8.48. The Morgan fingerprint density at radius 1 is 1.38 bits per heavy atom. The zero-order chi connectivity index (χ0) is 12.4. The molecule has 0 aromatic rings. The van der Waals surface area contributed by atoms with Crippen molar-refractivity contribution in [1.82, 2.24) is 5.32 Å². The van der Waals surface area contributed by atoms with Crippen LogP contribution < -0.4 is 5.32 Å². The molecular formula is C12H21NO3. The molecule has 0 radical (unpaired) electrons. The van der Waals surface area contributed by atoms with E-state index >= 15 is 0 Å². The van der Waals surface area contributed by atoms with E-state index in [0.717, 1.165) is 5.57 Å². The van der Waals surface area contributed by atoms with Crippen molar-refractivity contribution in [2.75, 3.05) is 32.9 Å². The topological polar surface area (TPSA) is 47.6 Å². The van der Waals surface area contributed by atoms with Gasteiger partial charge in [0.1, 0.15) is 0 Å². The van der Waals surface area contributed by atoms with Crippen LogP contribution >= 0.6 is 0 Å². The van der Waals surface area contributed by atoms with Gasteiger partial charge in [-0.25, -0.2) is 4.79 Å². The Hall–Kier alpha value is -1.13. The van der Waals surface area contributed by atoms with Gasteiger partial charge in [-0.1, -0.05) is 18.7 Å². The summed E-state index contributed by atoms with van der Waals surface area (Å²) >= 11 is 0. The summed E-state index contributed by atoms with van der Waals surface area (Å²) in [6.45, 7) is 13.7. The minimum atomic E-state index is -0.349. The molecule has 0 spiro atoms. The summed E-state index contributed by atoms with van der Waals surface area (Å²) in [5.41, 5.74) is 1.43. The minimum absolute atomic E-state index is 0.349. The van der Waals surface area contributed by atoms with Gasteiger partial charge >= 0.3 is 5.97 Å². The van der Waals surface area contributed by atoms with Crippen LogP contribution in [0.15, 0.2) is 24.3 Å². The van der Waals surface area contributed by atoms with Gasteiger partial charge in [0, 0.05) is 18.7 Å². The molecule has 1 N–H and O–H groups in total. The lowest BCUT2D eigenvalue weighted by molar-refractivity contribution is -0.138. The third-order valence-corrected chi connectivity index (χ3v) is 1.67. The zero-order valence-corrected chi connectivity index (χ0v) is 10.2. The molecule has 4 heteroatoms. The van der Waals surface area contributed by atoms with E-state index in [9.17, 15) is 4.79 Å². The smallest absolute Gasteiger partial charge is 0.334 e. The molecule has 0 unspecified atom stereocenters. The molecule has 92 valence electrons. The number of hydrogen-bond acceptors (Lipinski definition) is 4. The molecule has 4 nitrogen and oxygen atoms in total. The van der Waals surface area contributed by atoms with Crippen molar-refractivity contribution in [3.63, 3.8) is 0 Å². The van der Waals surface area contributed by atoms with E-state index in [-0.39, 0.29) is 5.97 Å². The third-order valence-electron chi connectivity index (χ3n) is 1.67. The maximum Gasteiger partial charge on any atom is 0.334 e. The molecule has 0 aliphatic rings. The van der Waals surface area contributed by atoms with Gasteiger partial charge in [-0.3, -0.25) is 0 Å². The van der Waals surface area contributed by atoms with Gasteiger partial charge in [0.15, 0.2) is 0 Å². The van der Waals surface area contributed by atoms with Crippen LogP contribution in [-0.2, 0) is 14.3 Å². The summed E-state index contributed by atoms with van der Waals surface area (Å²) in [4.78, 5) is 11.1. The Morgan fingerprint density at radius 2 is 2.06 bits per heavy atom. The highest BCUT2D eigenvalue weighted by atomic mass is 16.5. The summed E-state index contributed by atoms with van der Waals surface area (Å²) in [5, 5.41) is 3.04. The zero-order valence-electron chi connectivity index (χ0n) is 10.2. The van der Waals surface area contributed by atoms with Crippen LogP contribution in [0.5, 0.6) is 0 Å². The number of ether oxygens (including phenoxy) is 2. The number of carbonyl (C=O) groups excluding carboxylic acids is 1. The number of hydrogen-bond donors (Lipinski definition) is 1. The van der Waals surface area contributed by atoms with E-state index in [4.69, 9.17) is 9.47 Å². The van der Waals surface area contributed by atoms with Crippen molar-refractivity contribution < 1.29 is 14.3 Å². The Morgan fingerprint density at radius 3 is 2.62 bits per heavy atom. The SMILES string of the molecule is C=C(C)COCCNCC(=C)C(=O)OCC. The molecular weight excluding hydrogens is 206 g/mol. The van der Waals surface area contributed by atoms with Crippen LogP contribution in [0.2, 0.25) is 0 Å². The first-order chi connectivity index (χ1) is 7.57. The highest BCUT2D eigenvalue weighted by Gasteiger charge is 2.05. The number of rotatable bonds is 9. The summed E-state index contributed by atoms with van der Waals surface area (Å²) in [6, 6.07) is 0. The fraction of sp³-hybridized carbons (Fsp3) is 0.583. The lowest BCUT2D eigenvalue weighted by Crippen LogP contribution is -2.25. The van der Waals surface area contributed by atoms with E-state index in [1.54, 1.807) is 6.92 Å². The van der Waals surface area contributed by atoms with Crippen LogP contribution in [0.1, 0.15) is 13.8 Å². The van der Waals surface area contributed by atoms with Gasteiger partial charge in [-0.15, -0.1) is 0 Å². The quantitative estimate of drug-likeness (QED) is 0.279. The molecule has 0 amide bonds. The first kappa shape index (κ1) is 14.9. The molecule has 0 saturated carbocycles. The Balaban J connectivity index is 3.41. The second-order valence-corrected chi connectivity index (χ2v) is 3.51. The van der Waals surface area contributed by atoms with Gasteiger partial charge in [-0.2, -0.15) is 0 Å². The van der Waals surface area contributed by atoms with Crippen molar-refractivity contribution >= 4 is 5.97 Å². The molecule has 0 aliphatic heterocycles. The summed E-state index contributed by atoms with van der Waals surface area (Å²) < 4.78 is 10.1. The summed E-state index contributed by atoms with van der Waals surface area (Å²) in [5.74, 6) is -0.349. The van der Waals surface area contributed by atoms with Gasteiger partial charge in [-0.05, 0) is 13.8 Å². The van der Waals surface area contributed by atoms with Crippen molar-refractivity contribution in [2.24, 2.45) is 0 Å². The summed E-state index contributed by atoms with van der Waals surface area (Å²) in [7, 11) is 0. The molecule has 0 heterocycles. The van der Waals surface area contributed by atoms with Gasteiger partial charge in [0.05, 0.1) is 19.8 Å². The van der Waals surface area contributed by atoms with E-state index in [1.165, 1.54) is 0 Å². The molecule has 16 heavy (non-hydrogen) atoms. The second kappa shape index (κ2) is 9.12. The summed E-state index contributed by atoms with van der Waals surface area (Å²) in [6.07, 6.45) is 0. The van der Waals surface area contributed by atoms with Crippen molar-refractivity contribution in [2.45, 2.75) is 13.8 Å². The molecule has 0 bridgehead atoms. The van der Waals surface area contributed by atoms with Crippen LogP contribution in [0.3, 0.4) is 0 Å². The van der Waals surface area contributed by atoms with Crippen LogP contribution in [0.25, 0.3) is 0 Å². The van der Waals surface area contributed by atoms with Crippen LogP contribution in [0.4, 0.5) is 0 Å². The largest absolute Gasteiger partial charge is 0.463 e. The van der Waals surface area contributed by atoms with E-state index in [0.29, 0.717) is 38.5 Å². The van der Waals surface area contributed by atoms with E-state index in [1.807, 2.05) is 6.92 Å². The van der Waals surface area contributed by atoms with Gasteiger partial charge < -0.3 is 14.8 Å². The molecule has 0 rings (SSSR count). The Bertz CT molecular complexity index is 249. The van der Waals surface area contributed by atoms with Crippen molar-refractivity contribution in [3.05, 3.63) is 24.3 Å². The normalized spacial score (nSPS) is 9.88. The van der Waals surface area contributed by atoms with Crippen LogP contribution in [0, 0.1) is 0 Å². The predicted octanol–water partition coefficient (Wildman–Crippen LogP) is 1.29. The van der Waals surface area contributed by atoms with Crippen molar-refractivity contribution in [3.8, 4) is 0 Å². The average molecular weight is 227 g/mol. The van der Waals surface area contributed by atoms with Crippen molar-refractivity contribution in [1.29, 1.82) is 0 Å². The highest BCUT2D eigenvalue weighted by molar-refractivity contribution is 5.88. The fourth-order valence-corrected chi connectivity index (χ4v) is 0.935. The molecule has 0 aromatic heterocycles. The van der Waals surface area contributed by atoms with Gasteiger partial charge in [0.25, 0.3) is 0 Å². The third kappa shape index (κ3) is 8.20. The molecule has 0 atom stereocenters. The Labute approximate surface area is 97.3 Å². The van der Waals surface area contributed by atoms with E-state index in [2.05, 4.69) is 18.5 Å². The second-order valence-electron chi connectivity index (χ2n) is 3.51. The van der Waals surface area contributed by atoms with Crippen LogP contribution in [-0.4, -0.2) is 38.9 Å². The molecule has 0 aromatic carbocycles. The highest BCUT2D eigenvalue weighted by Crippen LogP contribution is 1.92. The number of nitrogens with one attached hydrogen (secondary N) is 1.